The fraction of sp³-hybridized carbons (Fsp3) is 0.946. The van der Waals surface area contributed by atoms with Crippen LogP contribution in [0.25, 0.3) is 0 Å². The fourth-order valence-electron chi connectivity index (χ4n) is 11.2. The van der Waals surface area contributed by atoms with Gasteiger partial charge in [-0.15, -0.1) is 0 Å². The molecule has 0 bridgehead atoms. The number of phosphoric ester groups is 2. The molecule has 0 saturated heterocycles. The highest BCUT2D eigenvalue weighted by molar-refractivity contribution is 7.47. The molecule has 0 aromatic carbocycles. The molecule has 0 aromatic heterocycles. The molecular weight excluding hydrogens is 1220 g/mol. The standard InChI is InChI=1S/C74H144O17P2/c1-8-10-11-38-48-55-71(76)84-61-69(90-74(79)58-51-44-37-31-30-34-41-47-54-67(7)9-2)63-88-92(80,81)86-59-68(75)60-87-93(82,83)89-64-70(91-73(78)57-50-43-36-29-25-21-17-13-15-19-23-27-33-40-46-53-66(5)6)62-85-72(77)56-49-42-35-28-24-20-16-12-14-18-22-26-32-39-45-52-65(3)4/h65-70,75H,8-64H2,1-7H3,(H,80,81)(H,82,83)/t67?,68-,69+,70+/m0/s1. The number of phosphoric acid groups is 2. The first-order chi connectivity index (χ1) is 44.8. The van der Waals surface area contributed by atoms with Gasteiger partial charge in [0.2, 0.25) is 0 Å². The third-order valence-corrected chi connectivity index (χ3v) is 19.4. The Kier molecular flexibility index (Phi) is 63.4. The van der Waals surface area contributed by atoms with Crippen LogP contribution in [0.4, 0.5) is 0 Å². The van der Waals surface area contributed by atoms with Crippen molar-refractivity contribution in [2.75, 3.05) is 39.6 Å². The topological polar surface area (TPSA) is 237 Å². The third kappa shape index (κ3) is 67.0. The molecule has 0 aliphatic carbocycles. The second-order valence-electron chi connectivity index (χ2n) is 27.9. The van der Waals surface area contributed by atoms with Crippen molar-refractivity contribution in [1.82, 2.24) is 0 Å². The van der Waals surface area contributed by atoms with Crippen LogP contribution >= 0.6 is 15.6 Å². The lowest BCUT2D eigenvalue weighted by Gasteiger charge is -2.21. The van der Waals surface area contributed by atoms with Gasteiger partial charge in [-0.25, -0.2) is 9.13 Å². The number of carbonyl (C=O) groups excluding carboxylic acids is 4. The molecule has 0 aliphatic rings. The number of aliphatic hydroxyl groups is 1. The number of ether oxygens (including phenoxy) is 4. The molecule has 17 nitrogen and oxygen atoms in total. The van der Waals surface area contributed by atoms with Crippen molar-refractivity contribution in [3.05, 3.63) is 0 Å². The second kappa shape index (κ2) is 64.7. The van der Waals surface area contributed by atoms with Crippen molar-refractivity contribution in [2.45, 2.75) is 394 Å². The molecule has 0 fully saturated rings. The summed E-state index contributed by atoms with van der Waals surface area (Å²) in [6.07, 6.45) is 50.4. The minimum Gasteiger partial charge on any atom is -0.462 e. The minimum absolute atomic E-state index is 0.104. The summed E-state index contributed by atoms with van der Waals surface area (Å²) in [6.45, 7) is 11.8. The molecule has 0 heterocycles. The first-order valence-corrected chi connectivity index (χ1v) is 41.4. The van der Waals surface area contributed by atoms with E-state index in [0.717, 1.165) is 114 Å². The number of hydrogen-bond donors (Lipinski definition) is 3. The van der Waals surface area contributed by atoms with Crippen molar-refractivity contribution in [2.24, 2.45) is 17.8 Å². The maximum absolute atomic E-state index is 13.1. The van der Waals surface area contributed by atoms with E-state index in [1.165, 1.54) is 180 Å². The predicted molar refractivity (Wildman–Crippen MR) is 377 cm³/mol. The Morgan fingerprint density at radius 3 is 0.817 bits per heavy atom. The highest BCUT2D eigenvalue weighted by atomic mass is 31.2. The molecule has 6 atom stereocenters. The molecule has 0 rings (SSSR count). The van der Waals surface area contributed by atoms with E-state index in [2.05, 4.69) is 48.5 Å². The van der Waals surface area contributed by atoms with E-state index in [1.807, 2.05) is 0 Å². The van der Waals surface area contributed by atoms with E-state index in [4.69, 9.17) is 37.0 Å². The van der Waals surface area contributed by atoms with Crippen molar-refractivity contribution in [1.29, 1.82) is 0 Å². The molecule has 552 valence electrons. The highest BCUT2D eigenvalue weighted by Crippen LogP contribution is 2.45. The maximum atomic E-state index is 13.1. The molecule has 3 N–H and O–H groups in total. The third-order valence-electron chi connectivity index (χ3n) is 17.5. The largest absolute Gasteiger partial charge is 0.472 e. The second-order valence-corrected chi connectivity index (χ2v) is 30.8. The van der Waals surface area contributed by atoms with Gasteiger partial charge < -0.3 is 33.8 Å². The van der Waals surface area contributed by atoms with Gasteiger partial charge in [0, 0.05) is 25.7 Å². The van der Waals surface area contributed by atoms with Crippen LogP contribution in [0.5, 0.6) is 0 Å². The predicted octanol–water partition coefficient (Wildman–Crippen LogP) is 21.4. The Morgan fingerprint density at radius 2 is 0.548 bits per heavy atom. The van der Waals surface area contributed by atoms with Crippen molar-refractivity contribution < 1.29 is 80.2 Å². The Labute approximate surface area is 568 Å². The number of unbranched alkanes of at least 4 members (excludes halogenated alkanes) is 39. The molecule has 0 saturated carbocycles. The van der Waals surface area contributed by atoms with Gasteiger partial charge in [0.15, 0.2) is 12.2 Å². The van der Waals surface area contributed by atoms with Gasteiger partial charge in [-0.3, -0.25) is 37.3 Å². The van der Waals surface area contributed by atoms with Gasteiger partial charge >= 0.3 is 39.5 Å². The molecule has 3 unspecified atom stereocenters. The molecule has 0 spiro atoms. The average Bonchev–Trinajstić information content (AvgIpc) is 2.09. The number of aliphatic hydroxyl groups excluding tert-OH is 1. The minimum atomic E-state index is -4.95. The lowest BCUT2D eigenvalue weighted by molar-refractivity contribution is -0.161. The molecular formula is C74H144O17P2. The van der Waals surface area contributed by atoms with Gasteiger partial charge in [-0.2, -0.15) is 0 Å². The molecule has 0 radical (unpaired) electrons. The van der Waals surface area contributed by atoms with Crippen LogP contribution < -0.4 is 0 Å². The van der Waals surface area contributed by atoms with E-state index in [0.29, 0.717) is 25.7 Å². The highest BCUT2D eigenvalue weighted by Gasteiger charge is 2.30. The number of esters is 4. The summed E-state index contributed by atoms with van der Waals surface area (Å²) in [5.74, 6) is 0.246. The van der Waals surface area contributed by atoms with Crippen molar-refractivity contribution >= 4 is 39.5 Å². The molecule has 0 aromatic rings. The summed E-state index contributed by atoms with van der Waals surface area (Å²) >= 11 is 0. The quantitative estimate of drug-likeness (QED) is 0.0222. The number of rotatable bonds is 72. The van der Waals surface area contributed by atoms with E-state index < -0.39 is 97.5 Å². The van der Waals surface area contributed by atoms with Gasteiger partial charge in [0.1, 0.15) is 19.3 Å². The van der Waals surface area contributed by atoms with Gasteiger partial charge in [-0.1, -0.05) is 325 Å². The Morgan fingerprint density at radius 1 is 0.312 bits per heavy atom. The Hall–Kier alpha value is -1.94. The Bertz CT molecular complexity index is 1820. The van der Waals surface area contributed by atoms with Gasteiger partial charge in [0.25, 0.3) is 0 Å². The van der Waals surface area contributed by atoms with Crippen LogP contribution in [0.2, 0.25) is 0 Å². The fourth-order valence-corrected chi connectivity index (χ4v) is 12.8. The van der Waals surface area contributed by atoms with Gasteiger partial charge in [0.05, 0.1) is 26.4 Å². The lowest BCUT2D eigenvalue weighted by atomic mass is 9.99. The van der Waals surface area contributed by atoms with E-state index >= 15 is 0 Å². The zero-order valence-electron chi connectivity index (χ0n) is 60.7. The maximum Gasteiger partial charge on any atom is 0.472 e. The zero-order valence-corrected chi connectivity index (χ0v) is 62.5. The smallest absolute Gasteiger partial charge is 0.462 e. The van der Waals surface area contributed by atoms with E-state index in [9.17, 15) is 43.2 Å². The van der Waals surface area contributed by atoms with Crippen LogP contribution in [-0.4, -0.2) is 96.7 Å². The summed E-state index contributed by atoms with van der Waals surface area (Å²) in [4.78, 5) is 72.4. The summed E-state index contributed by atoms with van der Waals surface area (Å²) in [5.41, 5.74) is 0. The van der Waals surface area contributed by atoms with Gasteiger partial charge in [-0.05, 0) is 43.4 Å². The van der Waals surface area contributed by atoms with E-state index in [1.54, 1.807) is 0 Å². The normalized spacial score (nSPS) is 14.4. The summed E-state index contributed by atoms with van der Waals surface area (Å²) in [6, 6.07) is 0. The summed E-state index contributed by atoms with van der Waals surface area (Å²) < 4.78 is 68.2. The van der Waals surface area contributed by atoms with Crippen LogP contribution in [0.3, 0.4) is 0 Å². The number of hydrogen-bond acceptors (Lipinski definition) is 15. The number of carbonyl (C=O) groups is 4. The van der Waals surface area contributed by atoms with E-state index in [-0.39, 0.29) is 25.7 Å². The van der Waals surface area contributed by atoms with Crippen LogP contribution in [-0.2, 0) is 65.4 Å². The zero-order chi connectivity index (χ0) is 68.7. The lowest BCUT2D eigenvalue weighted by Crippen LogP contribution is -2.30. The summed E-state index contributed by atoms with van der Waals surface area (Å²) in [5, 5.41) is 10.6. The van der Waals surface area contributed by atoms with Crippen LogP contribution in [0, 0.1) is 17.8 Å². The molecule has 0 aliphatic heterocycles. The van der Waals surface area contributed by atoms with Crippen LogP contribution in [0.15, 0.2) is 0 Å². The summed E-state index contributed by atoms with van der Waals surface area (Å²) in [7, 11) is -9.90. The Balaban J connectivity index is 5.15. The van der Waals surface area contributed by atoms with Crippen LogP contribution in [0.1, 0.15) is 376 Å². The van der Waals surface area contributed by atoms with Crippen molar-refractivity contribution in [3.63, 3.8) is 0 Å². The monoisotopic (exact) mass is 1370 g/mol. The first kappa shape index (κ1) is 91.1. The van der Waals surface area contributed by atoms with Crippen molar-refractivity contribution in [3.8, 4) is 0 Å². The molecule has 19 heteroatoms. The molecule has 93 heavy (non-hydrogen) atoms. The first-order valence-electron chi connectivity index (χ1n) is 38.4. The average molecular weight is 1370 g/mol. The molecule has 0 amide bonds. The SMILES string of the molecule is CCCCCCCC(=O)OC[C@H](COP(=O)(O)OC[C@H](O)COP(=O)(O)OC[C@@H](COC(=O)CCCCCCCCCCCCCCCCCC(C)C)OC(=O)CCCCCCCCCCCCCCCCCC(C)C)OC(=O)CCCCCCCCCCC(C)CC.